The van der Waals surface area contributed by atoms with Gasteiger partial charge >= 0.3 is 11.8 Å². The van der Waals surface area contributed by atoms with Crippen molar-refractivity contribution in [1.29, 1.82) is 0 Å². The lowest BCUT2D eigenvalue weighted by Crippen LogP contribution is -2.44. The van der Waals surface area contributed by atoms with Crippen molar-refractivity contribution in [2.45, 2.75) is 30.3 Å². The summed E-state index contributed by atoms with van der Waals surface area (Å²) < 4.78 is 0. The molecule has 0 saturated carbocycles. The number of carbonyl (C=O) groups is 2. The number of pyridine rings is 1. The molecule has 0 spiro atoms. The lowest BCUT2D eigenvalue weighted by Gasteiger charge is -2.25. The number of carbonyl (C=O) groups excluding carboxylic acids is 2. The molecule has 2 aromatic rings. The van der Waals surface area contributed by atoms with E-state index in [2.05, 4.69) is 27.8 Å². The first-order valence-electron chi connectivity index (χ1n) is 7.84. The Balaban J connectivity index is 1.55. The minimum atomic E-state index is -0.660. The topological polar surface area (TPSA) is 71.1 Å². The number of hydrogen-bond donors (Lipinski definition) is 2. The van der Waals surface area contributed by atoms with Crippen molar-refractivity contribution in [2.75, 3.05) is 11.6 Å². The highest BCUT2D eigenvalue weighted by molar-refractivity contribution is 7.98. The highest BCUT2D eigenvalue weighted by atomic mass is 32.2. The molecule has 0 unspecified atom stereocenters. The third kappa shape index (κ3) is 3.94. The number of amides is 2. The fraction of sp³-hybridized carbons (Fsp3) is 0.278. The lowest BCUT2D eigenvalue weighted by atomic mass is 9.88. The third-order valence-electron chi connectivity index (χ3n) is 4.09. The zero-order valence-electron chi connectivity index (χ0n) is 13.4. The SMILES string of the molecule is CSc1ccc(NC(=O)C(=O)N[C@@H]2CCc3ccccc3C2)cn1. The lowest BCUT2D eigenvalue weighted by molar-refractivity contribution is -0.136. The Morgan fingerprint density at radius 3 is 2.62 bits per heavy atom. The molecule has 0 radical (unpaired) electrons. The van der Waals surface area contributed by atoms with Gasteiger partial charge in [-0.05, 0) is 48.8 Å². The average molecular weight is 341 g/mol. The van der Waals surface area contributed by atoms with E-state index in [0.29, 0.717) is 5.69 Å². The summed E-state index contributed by atoms with van der Waals surface area (Å²) in [5.74, 6) is -1.26. The van der Waals surface area contributed by atoms with Crippen LogP contribution in [-0.4, -0.2) is 29.1 Å². The minimum absolute atomic E-state index is 0.00450. The Morgan fingerprint density at radius 2 is 1.92 bits per heavy atom. The molecule has 0 saturated heterocycles. The van der Waals surface area contributed by atoms with Crippen LogP contribution in [0.5, 0.6) is 0 Å². The van der Waals surface area contributed by atoms with Crippen LogP contribution < -0.4 is 10.6 Å². The Bertz CT molecular complexity index is 746. The van der Waals surface area contributed by atoms with Gasteiger partial charge in [0.2, 0.25) is 0 Å². The van der Waals surface area contributed by atoms with Crippen molar-refractivity contribution in [1.82, 2.24) is 10.3 Å². The first-order chi connectivity index (χ1) is 11.7. The van der Waals surface area contributed by atoms with Crippen LogP contribution in [0, 0.1) is 0 Å². The number of nitrogens with zero attached hydrogens (tertiary/aromatic N) is 1. The number of anilines is 1. The summed E-state index contributed by atoms with van der Waals surface area (Å²) in [7, 11) is 0. The summed E-state index contributed by atoms with van der Waals surface area (Å²) in [4.78, 5) is 28.3. The second-order valence-corrected chi connectivity index (χ2v) is 6.55. The summed E-state index contributed by atoms with van der Waals surface area (Å²) in [6.45, 7) is 0. The van der Waals surface area contributed by atoms with Crippen LogP contribution in [0.3, 0.4) is 0 Å². The first-order valence-corrected chi connectivity index (χ1v) is 9.07. The third-order valence-corrected chi connectivity index (χ3v) is 4.75. The van der Waals surface area contributed by atoms with Crippen LogP contribution in [0.15, 0.2) is 47.6 Å². The van der Waals surface area contributed by atoms with Crippen molar-refractivity contribution in [3.8, 4) is 0 Å². The van der Waals surface area contributed by atoms with Gasteiger partial charge in [-0.2, -0.15) is 0 Å². The number of thioether (sulfide) groups is 1. The molecule has 6 heteroatoms. The summed E-state index contributed by atoms with van der Waals surface area (Å²) in [5, 5.41) is 6.27. The molecule has 124 valence electrons. The number of nitrogens with one attached hydrogen (secondary N) is 2. The van der Waals surface area contributed by atoms with Gasteiger partial charge in [0.15, 0.2) is 0 Å². The van der Waals surface area contributed by atoms with Gasteiger partial charge < -0.3 is 10.6 Å². The molecule has 1 heterocycles. The maximum absolute atomic E-state index is 12.1. The molecule has 1 aromatic carbocycles. The van der Waals surface area contributed by atoms with E-state index in [9.17, 15) is 9.59 Å². The molecule has 0 fully saturated rings. The Morgan fingerprint density at radius 1 is 1.12 bits per heavy atom. The van der Waals surface area contributed by atoms with E-state index in [-0.39, 0.29) is 6.04 Å². The van der Waals surface area contributed by atoms with Crippen molar-refractivity contribution < 1.29 is 9.59 Å². The molecule has 1 aromatic heterocycles. The fourth-order valence-electron chi connectivity index (χ4n) is 2.83. The zero-order chi connectivity index (χ0) is 16.9. The summed E-state index contributed by atoms with van der Waals surface area (Å²) >= 11 is 1.52. The molecule has 24 heavy (non-hydrogen) atoms. The molecular weight excluding hydrogens is 322 g/mol. The molecule has 2 amide bonds. The average Bonchev–Trinajstić information content (AvgIpc) is 2.62. The number of fused-ring (bicyclic) bond motifs is 1. The first kappa shape index (κ1) is 16.5. The van der Waals surface area contributed by atoms with Gasteiger partial charge in [-0.1, -0.05) is 24.3 Å². The van der Waals surface area contributed by atoms with Crippen molar-refractivity contribution in [2.24, 2.45) is 0 Å². The predicted molar refractivity (Wildman–Crippen MR) is 95.0 cm³/mol. The molecule has 0 bridgehead atoms. The van der Waals surface area contributed by atoms with Gasteiger partial charge in [-0.3, -0.25) is 9.59 Å². The van der Waals surface area contributed by atoms with Gasteiger partial charge in [0.05, 0.1) is 16.9 Å². The van der Waals surface area contributed by atoms with E-state index in [0.717, 1.165) is 24.3 Å². The van der Waals surface area contributed by atoms with E-state index in [4.69, 9.17) is 0 Å². The normalized spacial score (nSPS) is 16.1. The molecule has 0 aliphatic heterocycles. The van der Waals surface area contributed by atoms with Crippen LogP contribution in [0.1, 0.15) is 17.5 Å². The van der Waals surface area contributed by atoms with Crippen LogP contribution in [0.2, 0.25) is 0 Å². The number of aryl methyl sites for hydroxylation is 1. The van der Waals surface area contributed by atoms with Gasteiger partial charge in [0.25, 0.3) is 0 Å². The Labute approximate surface area is 145 Å². The van der Waals surface area contributed by atoms with Crippen LogP contribution in [-0.2, 0) is 22.4 Å². The van der Waals surface area contributed by atoms with Crippen molar-refractivity contribution >= 4 is 29.3 Å². The second-order valence-electron chi connectivity index (χ2n) is 5.73. The van der Waals surface area contributed by atoms with Gasteiger partial charge in [-0.25, -0.2) is 4.98 Å². The molecule has 1 aliphatic rings. The molecule has 2 N–H and O–H groups in total. The standard InChI is InChI=1S/C18H19N3O2S/c1-24-16-9-8-15(11-19-16)21-18(23)17(22)20-14-7-6-12-4-2-3-5-13(12)10-14/h2-5,8-9,11,14H,6-7,10H2,1H3,(H,20,22)(H,21,23)/t14-/m1/s1. The van der Waals surface area contributed by atoms with E-state index in [1.54, 1.807) is 18.3 Å². The van der Waals surface area contributed by atoms with Crippen LogP contribution in [0.4, 0.5) is 5.69 Å². The van der Waals surface area contributed by atoms with E-state index >= 15 is 0 Å². The predicted octanol–water partition coefficient (Wildman–Crippen LogP) is 2.42. The quantitative estimate of drug-likeness (QED) is 0.664. The number of benzene rings is 1. The Kier molecular flexibility index (Phi) is 5.15. The smallest absolute Gasteiger partial charge is 0.313 e. The van der Waals surface area contributed by atoms with E-state index in [1.165, 1.54) is 22.9 Å². The van der Waals surface area contributed by atoms with Crippen molar-refractivity contribution in [3.63, 3.8) is 0 Å². The van der Waals surface area contributed by atoms with E-state index < -0.39 is 11.8 Å². The largest absolute Gasteiger partial charge is 0.345 e. The number of aromatic nitrogens is 1. The second kappa shape index (κ2) is 7.49. The maximum atomic E-state index is 12.1. The van der Waals surface area contributed by atoms with Crippen molar-refractivity contribution in [3.05, 3.63) is 53.7 Å². The van der Waals surface area contributed by atoms with E-state index in [1.807, 2.05) is 18.4 Å². The number of rotatable bonds is 3. The maximum Gasteiger partial charge on any atom is 0.313 e. The molecular formula is C18H19N3O2S. The fourth-order valence-corrected chi connectivity index (χ4v) is 3.20. The van der Waals surface area contributed by atoms with Crippen LogP contribution >= 0.6 is 11.8 Å². The van der Waals surface area contributed by atoms with Gasteiger partial charge in [-0.15, -0.1) is 11.8 Å². The highest BCUT2D eigenvalue weighted by Gasteiger charge is 2.23. The summed E-state index contributed by atoms with van der Waals surface area (Å²) in [6.07, 6.45) is 6.01. The van der Waals surface area contributed by atoms with Gasteiger partial charge in [0, 0.05) is 6.04 Å². The zero-order valence-corrected chi connectivity index (χ0v) is 14.2. The molecule has 3 rings (SSSR count). The van der Waals surface area contributed by atoms with Crippen LogP contribution in [0.25, 0.3) is 0 Å². The monoisotopic (exact) mass is 341 g/mol. The summed E-state index contributed by atoms with van der Waals surface area (Å²) in [6, 6.07) is 11.8. The summed E-state index contributed by atoms with van der Waals surface area (Å²) in [5.41, 5.74) is 3.08. The van der Waals surface area contributed by atoms with Gasteiger partial charge in [0.1, 0.15) is 0 Å². The highest BCUT2D eigenvalue weighted by Crippen LogP contribution is 2.21. The number of hydrogen-bond acceptors (Lipinski definition) is 4. The molecule has 5 nitrogen and oxygen atoms in total. The minimum Gasteiger partial charge on any atom is -0.345 e. The molecule has 1 aliphatic carbocycles. The Hall–Kier alpha value is -2.34. The molecule has 1 atom stereocenters.